The average molecular weight is 276 g/mol. The van der Waals surface area contributed by atoms with E-state index >= 15 is 0 Å². The van der Waals surface area contributed by atoms with Crippen molar-refractivity contribution in [3.05, 3.63) is 29.8 Å². The molecule has 0 aliphatic heterocycles. The van der Waals surface area contributed by atoms with Gasteiger partial charge in [-0.15, -0.1) is 0 Å². The summed E-state index contributed by atoms with van der Waals surface area (Å²) in [4.78, 5) is -1.88. The number of rotatable bonds is 4. The SMILES string of the molecule is CC(CO)Cc1cccc(S(F)(F)(F)(F)F)c1. The summed E-state index contributed by atoms with van der Waals surface area (Å²) in [5.74, 6) is -0.274. The molecule has 1 rings (SSSR count). The molecule has 1 aromatic carbocycles. The lowest BCUT2D eigenvalue weighted by Gasteiger charge is -2.40. The molecule has 0 saturated carbocycles. The van der Waals surface area contributed by atoms with Gasteiger partial charge in [0, 0.05) is 6.61 Å². The molecule has 0 heterocycles. The summed E-state index contributed by atoms with van der Waals surface area (Å²) in [6.45, 7) is 1.41. The topological polar surface area (TPSA) is 20.2 Å². The smallest absolute Gasteiger partial charge is 0.310 e. The molecule has 0 bridgehead atoms. The molecule has 100 valence electrons. The molecule has 0 saturated heterocycles. The molecular formula is C10H13F5OS. The molecule has 1 aromatic rings. The Bertz CT molecular complexity index is 413. The summed E-state index contributed by atoms with van der Waals surface area (Å²) in [6.07, 6.45) is 0.123. The maximum Gasteiger partial charge on any atom is 0.310 e. The largest absolute Gasteiger partial charge is 0.396 e. The molecule has 0 aliphatic rings. The van der Waals surface area contributed by atoms with Crippen LogP contribution in [0.4, 0.5) is 19.4 Å². The van der Waals surface area contributed by atoms with Crippen LogP contribution in [0.1, 0.15) is 12.5 Å². The number of benzene rings is 1. The molecule has 1 N–H and O–H groups in total. The first-order valence-electron chi connectivity index (χ1n) is 4.86. The fraction of sp³-hybridized carbons (Fsp3) is 0.400. The Morgan fingerprint density at radius 1 is 1.18 bits per heavy atom. The second kappa shape index (κ2) is 3.58. The van der Waals surface area contributed by atoms with Crippen LogP contribution in [0.25, 0.3) is 0 Å². The normalized spacial score (nSPS) is 18.3. The van der Waals surface area contributed by atoms with Gasteiger partial charge in [-0.3, -0.25) is 0 Å². The molecule has 0 aromatic heterocycles. The molecule has 0 radical (unpaired) electrons. The quantitative estimate of drug-likeness (QED) is 0.802. The van der Waals surface area contributed by atoms with E-state index in [1.807, 2.05) is 0 Å². The molecule has 0 fully saturated rings. The number of hydrogen-bond donors (Lipinski definition) is 1. The maximum atomic E-state index is 12.5. The van der Waals surface area contributed by atoms with E-state index in [1.165, 1.54) is 6.07 Å². The van der Waals surface area contributed by atoms with Crippen molar-refractivity contribution in [2.75, 3.05) is 6.61 Å². The Morgan fingerprint density at radius 2 is 1.76 bits per heavy atom. The first-order valence-corrected chi connectivity index (χ1v) is 6.81. The van der Waals surface area contributed by atoms with Gasteiger partial charge >= 0.3 is 10.2 Å². The van der Waals surface area contributed by atoms with E-state index in [1.54, 1.807) is 6.92 Å². The summed E-state index contributed by atoms with van der Waals surface area (Å²) in [5.41, 5.74) is 0.136. The van der Waals surface area contributed by atoms with Crippen LogP contribution in [0.2, 0.25) is 0 Å². The highest BCUT2D eigenvalue weighted by molar-refractivity contribution is 8.45. The van der Waals surface area contributed by atoms with Gasteiger partial charge in [-0.25, -0.2) is 0 Å². The summed E-state index contributed by atoms with van der Waals surface area (Å²) in [5, 5.41) is 8.76. The van der Waals surface area contributed by atoms with Crippen molar-refractivity contribution >= 4 is 10.2 Å². The lowest BCUT2D eigenvalue weighted by molar-refractivity contribution is 0.237. The fourth-order valence-corrected chi connectivity index (χ4v) is 2.09. The van der Waals surface area contributed by atoms with E-state index in [0.717, 1.165) is 6.07 Å². The number of aliphatic hydroxyl groups excluding tert-OH is 1. The van der Waals surface area contributed by atoms with Crippen molar-refractivity contribution in [1.82, 2.24) is 0 Å². The lowest BCUT2D eigenvalue weighted by atomic mass is 10.0. The van der Waals surface area contributed by atoms with E-state index in [2.05, 4.69) is 0 Å². The van der Waals surface area contributed by atoms with E-state index < -0.39 is 15.1 Å². The van der Waals surface area contributed by atoms with Crippen LogP contribution < -0.4 is 0 Å². The highest BCUT2D eigenvalue weighted by Crippen LogP contribution is 3.02. The molecular weight excluding hydrogens is 263 g/mol. The Labute approximate surface area is 96.0 Å². The van der Waals surface area contributed by atoms with Crippen LogP contribution >= 0.6 is 10.2 Å². The van der Waals surface area contributed by atoms with Crippen LogP contribution in [0.15, 0.2) is 29.2 Å². The zero-order valence-corrected chi connectivity index (χ0v) is 9.86. The minimum atomic E-state index is -9.59. The van der Waals surface area contributed by atoms with Crippen molar-refractivity contribution in [3.63, 3.8) is 0 Å². The number of hydrogen-bond acceptors (Lipinski definition) is 1. The van der Waals surface area contributed by atoms with Crippen LogP contribution in [0, 0.1) is 5.92 Å². The minimum Gasteiger partial charge on any atom is -0.396 e. The highest BCUT2D eigenvalue weighted by Gasteiger charge is 2.65. The summed E-state index contributed by atoms with van der Waals surface area (Å²) >= 11 is 0. The molecule has 1 nitrogen and oxygen atoms in total. The number of halogens is 5. The van der Waals surface area contributed by atoms with E-state index in [4.69, 9.17) is 5.11 Å². The second-order valence-corrected chi connectivity index (χ2v) is 6.52. The summed E-state index contributed by atoms with van der Waals surface area (Å²) < 4.78 is 62.5. The standard InChI is InChI=1S/C10H13F5OS/c1-8(7-16)5-9-3-2-4-10(6-9)17(11,12,13,14)15/h2-4,6,8,16H,5,7H2,1H3. The molecule has 1 atom stereocenters. The van der Waals surface area contributed by atoms with E-state index in [-0.39, 0.29) is 24.5 Å². The molecule has 0 aliphatic carbocycles. The average Bonchev–Trinajstić information content (AvgIpc) is 2.14. The predicted molar refractivity (Wildman–Crippen MR) is 57.8 cm³/mol. The van der Waals surface area contributed by atoms with E-state index in [0.29, 0.717) is 12.1 Å². The third kappa shape index (κ3) is 4.16. The maximum absolute atomic E-state index is 12.5. The first-order chi connectivity index (χ1) is 7.42. The predicted octanol–water partition coefficient (Wildman–Crippen LogP) is 4.51. The van der Waals surface area contributed by atoms with Gasteiger partial charge in [-0.2, -0.15) is 0 Å². The second-order valence-electron chi connectivity index (χ2n) is 4.11. The van der Waals surface area contributed by atoms with Crippen molar-refractivity contribution in [2.45, 2.75) is 18.2 Å². The van der Waals surface area contributed by atoms with Gasteiger partial charge in [-0.1, -0.05) is 38.5 Å². The number of aliphatic hydroxyl groups is 1. The zero-order valence-electron chi connectivity index (χ0n) is 9.05. The molecule has 1 unspecified atom stereocenters. The van der Waals surface area contributed by atoms with Crippen molar-refractivity contribution in [3.8, 4) is 0 Å². The Kier molecular flexibility index (Phi) is 3.00. The highest BCUT2D eigenvalue weighted by atomic mass is 32.5. The van der Waals surface area contributed by atoms with Gasteiger partial charge in [0.05, 0.1) is 0 Å². The van der Waals surface area contributed by atoms with Crippen LogP contribution in [-0.4, -0.2) is 11.7 Å². The molecule has 0 amide bonds. The van der Waals surface area contributed by atoms with Gasteiger partial charge < -0.3 is 5.11 Å². The molecule has 7 heteroatoms. The Morgan fingerprint density at radius 3 is 2.24 bits per heavy atom. The summed E-state index contributed by atoms with van der Waals surface area (Å²) in [6, 6.07) is 3.11. The van der Waals surface area contributed by atoms with Crippen LogP contribution in [-0.2, 0) is 6.42 Å². The first kappa shape index (κ1) is 14.2. The van der Waals surface area contributed by atoms with Gasteiger partial charge in [0.25, 0.3) is 0 Å². The molecule has 0 spiro atoms. The monoisotopic (exact) mass is 276 g/mol. The van der Waals surface area contributed by atoms with Gasteiger partial charge in [0.2, 0.25) is 0 Å². The Hall–Kier alpha value is -0.820. The van der Waals surface area contributed by atoms with Gasteiger partial charge in [0.15, 0.2) is 0 Å². The molecule has 17 heavy (non-hydrogen) atoms. The van der Waals surface area contributed by atoms with Crippen molar-refractivity contribution in [1.29, 1.82) is 0 Å². The van der Waals surface area contributed by atoms with Crippen molar-refractivity contribution in [2.24, 2.45) is 5.92 Å². The van der Waals surface area contributed by atoms with Gasteiger partial charge in [0.1, 0.15) is 4.90 Å². The zero-order chi connectivity index (χ0) is 13.4. The minimum absolute atomic E-state index is 0.123. The van der Waals surface area contributed by atoms with Crippen LogP contribution in [0.5, 0.6) is 0 Å². The fourth-order valence-electron chi connectivity index (χ4n) is 1.38. The third-order valence-corrected chi connectivity index (χ3v) is 3.38. The van der Waals surface area contributed by atoms with Crippen molar-refractivity contribution < 1.29 is 24.5 Å². The third-order valence-electron chi connectivity index (χ3n) is 2.24. The Balaban J connectivity index is 3.12. The van der Waals surface area contributed by atoms with Crippen LogP contribution in [0.3, 0.4) is 0 Å². The lowest BCUT2D eigenvalue weighted by Crippen LogP contribution is -2.08. The summed E-state index contributed by atoms with van der Waals surface area (Å²) in [7, 11) is -9.59. The van der Waals surface area contributed by atoms with Gasteiger partial charge in [-0.05, 0) is 30.0 Å². The van der Waals surface area contributed by atoms with E-state index in [9.17, 15) is 19.4 Å².